The van der Waals surface area contributed by atoms with Crippen LogP contribution in [0.25, 0.3) is 10.9 Å². The summed E-state index contributed by atoms with van der Waals surface area (Å²) in [7, 11) is 1.60. The molecule has 1 atom stereocenters. The van der Waals surface area contributed by atoms with E-state index >= 15 is 0 Å². The summed E-state index contributed by atoms with van der Waals surface area (Å²) in [4.78, 5) is 22.3. The number of benzene rings is 1. The molecule has 1 aromatic carbocycles. The van der Waals surface area contributed by atoms with Gasteiger partial charge in [-0.15, -0.1) is 0 Å². The molecule has 0 bridgehead atoms. The number of carbonyl (C=O) groups excluding carboxylic acids is 1. The van der Waals surface area contributed by atoms with Crippen molar-refractivity contribution < 1.29 is 9.53 Å². The zero-order valence-electron chi connectivity index (χ0n) is 14.9. The van der Waals surface area contributed by atoms with Crippen molar-refractivity contribution in [3.05, 3.63) is 36.0 Å². The van der Waals surface area contributed by atoms with Crippen molar-refractivity contribution in [3.63, 3.8) is 0 Å². The van der Waals surface area contributed by atoms with Crippen LogP contribution in [-0.2, 0) is 0 Å². The molecule has 25 heavy (non-hydrogen) atoms. The van der Waals surface area contributed by atoms with E-state index < -0.39 is 0 Å². The molecular formula is C20H25N3O2. The van der Waals surface area contributed by atoms with Gasteiger partial charge in [0.15, 0.2) is 5.75 Å². The summed E-state index contributed by atoms with van der Waals surface area (Å²) in [6, 6.07) is 8.52. The number of fused-ring (bicyclic) bond motifs is 1. The van der Waals surface area contributed by atoms with Gasteiger partial charge in [-0.3, -0.25) is 14.7 Å². The molecule has 1 unspecified atom stereocenters. The van der Waals surface area contributed by atoms with Crippen LogP contribution in [0.2, 0.25) is 0 Å². The standard InChI is InChI=1S/C20H25N3O2/c1-14-12-22(15-7-8-15)9-10-23(13-14)20(24)19-16-5-3-4-6-17(16)21-11-18(19)25-2/h3-6,11,14-15H,7-10,12-13H2,1-2H3. The van der Waals surface area contributed by atoms with Crippen molar-refractivity contribution in [2.45, 2.75) is 25.8 Å². The molecule has 2 fully saturated rings. The highest BCUT2D eigenvalue weighted by atomic mass is 16.5. The normalized spacial score (nSPS) is 22.0. The summed E-state index contributed by atoms with van der Waals surface area (Å²) in [5.74, 6) is 1.09. The third-order valence-corrected chi connectivity index (χ3v) is 5.26. The summed E-state index contributed by atoms with van der Waals surface area (Å²) in [5, 5.41) is 0.864. The van der Waals surface area contributed by atoms with Crippen molar-refractivity contribution in [2.24, 2.45) is 5.92 Å². The second kappa shape index (κ2) is 6.64. The molecule has 5 heteroatoms. The summed E-state index contributed by atoms with van der Waals surface area (Å²) >= 11 is 0. The first kappa shape index (κ1) is 16.3. The average Bonchev–Trinajstić information content (AvgIpc) is 3.47. The van der Waals surface area contributed by atoms with Crippen molar-refractivity contribution in [3.8, 4) is 5.75 Å². The van der Waals surface area contributed by atoms with Gasteiger partial charge in [-0.05, 0) is 24.8 Å². The molecule has 0 N–H and O–H groups in total. The Morgan fingerprint density at radius 2 is 2.00 bits per heavy atom. The minimum absolute atomic E-state index is 0.0555. The number of rotatable bonds is 3. The van der Waals surface area contributed by atoms with Crippen LogP contribution in [0.3, 0.4) is 0 Å². The Bertz CT molecular complexity index is 788. The maximum absolute atomic E-state index is 13.4. The SMILES string of the molecule is COc1cnc2ccccc2c1C(=O)N1CCN(C2CC2)CC(C)C1. The number of aromatic nitrogens is 1. The number of methoxy groups -OCH3 is 1. The molecule has 1 amide bonds. The molecule has 4 rings (SSSR count). The molecule has 1 saturated heterocycles. The Labute approximate surface area is 148 Å². The fourth-order valence-corrected chi connectivity index (χ4v) is 3.88. The lowest BCUT2D eigenvalue weighted by Gasteiger charge is -2.24. The van der Waals surface area contributed by atoms with Crippen LogP contribution in [-0.4, -0.2) is 60.0 Å². The fourth-order valence-electron chi connectivity index (χ4n) is 3.88. The van der Waals surface area contributed by atoms with E-state index in [1.54, 1.807) is 13.3 Å². The van der Waals surface area contributed by atoms with Gasteiger partial charge in [0.05, 0.1) is 24.4 Å². The zero-order chi connectivity index (χ0) is 17.4. The van der Waals surface area contributed by atoms with Gasteiger partial charge in [0.25, 0.3) is 5.91 Å². The van der Waals surface area contributed by atoms with Crippen LogP contribution in [0.5, 0.6) is 5.75 Å². The first-order valence-electron chi connectivity index (χ1n) is 9.12. The molecule has 2 heterocycles. The van der Waals surface area contributed by atoms with Crippen LogP contribution < -0.4 is 4.74 Å². The monoisotopic (exact) mass is 339 g/mol. The first-order chi connectivity index (χ1) is 12.2. The predicted octanol–water partition coefficient (Wildman–Crippen LogP) is 2.80. The molecule has 0 radical (unpaired) electrons. The van der Waals surface area contributed by atoms with E-state index in [4.69, 9.17) is 4.74 Å². The highest BCUT2D eigenvalue weighted by Gasteiger charge is 2.33. The number of hydrogen-bond acceptors (Lipinski definition) is 4. The fraction of sp³-hybridized carbons (Fsp3) is 0.500. The Kier molecular flexibility index (Phi) is 4.34. The quantitative estimate of drug-likeness (QED) is 0.863. The minimum atomic E-state index is 0.0555. The van der Waals surface area contributed by atoms with E-state index in [9.17, 15) is 4.79 Å². The smallest absolute Gasteiger partial charge is 0.258 e. The number of para-hydroxylation sites is 1. The van der Waals surface area contributed by atoms with Crippen molar-refractivity contribution in [1.82, 2.24) is 14.8 Å². The average molecular weight is 339 g/mol. The van der Waals surface area contributed by atoms with Gasteiger partial charge in [-0.2, -0.15) is 0 Å². The maximum atomic E-state index is 13.4. The predicted molar refractivity (Wildman–Crippen MR) is 98.0 cm³/mol. The molecule has 132 valence electrons. The Morgan fingerprint density at radius 3 is 2.76 bits per heavy atom. The lowest BCUT2D eigenvalue weighted by molar-refractivity contribution is 0.0747. The number of carbonyl (C=O) groups is 1. The van der Waals surface area contributed by atoms with E-state index in [2.05, 4.69) is 16.8 Å². The van der Waals surface area contributed by atoms with Crippen molar-refractivity contribution in [1.29, 1.82) is 0 Å². The highest BCUT2D eigenvalue weighted by molar-refractivity contribution is 6.08. The lowest BCUT2D eigenvalue weighted by Crippen LogP contribution is -2.36. The van der Waals surface area contributed by atoms with Crippen LogP contribution in [0, 0.1) is 5.92 Å². The molecule has 1 aliphatic heterocycles. The van der Waals surface area contributed by atoms with Crippen LogP contribution in [0.4, 0.5) is 0 Å². The molecule has 2 aliphatic rings. The summed E-state index contributed by atoms with van der Waals surface area (Å²) in [6.07, 6.45) is 4.28. The van der Waals surface area contributed by atoms with Gasteiger partial charge in [0.2, 0.25) is 0 Å². The Balaban J connectivity index is 1.67. The van der Waals surface area contributed by atoms with Gasteiger partial charge < -0.3 is 9.64 Å². The van der Waals surface area contributed by atoms with E-state index in [1.807, 2.05) is 29.2 Å². The maximum Gasteiger partial charge on any atom is 0.258 e. The van der Waals surface area contributed by atoms with Gasteiger partial charge in [0.1, 0.15) is 0 Å². The number of amides is 1. The van der Waals surface area contributed by atoms with Gasteiger partial charge in [-0.1, -0.05) is 25.1 Å². The summed E-state index contributed by atoms with van der Waals surface area (Å²) in [5.41, 5.74) is 1.47. The molecule has 0 spiro atoms. The number of ether oxygens (including phenoxy) is 1. The van der Waals surface area contributed by atoms with Gasteiger partial charge in [-0.25, -0.2) is 0 Å². The molecule has 1 saturated carbocycles. The number of pyridine rings is 1. The van der Waals surface area contributed by atoms with Gasteiger partial charge >= 0.3 is 0 Å². The summed E-state index contributed by atoms with van der Waals surface area (Å²) in [6.45, 7) is 5.86. The third-order valence-electron chi connectivity index (χ3n) is 5.26. The van der Waals surface area contributed by atoms with Crippen LogP contribution >= 0.6 is 0 Å². The molecular weight excluding hydrogens is 314 g/mol. The lowest BCUT2D eigenvalue weighted by atomic mass is 10.1. The Hall–Kier alpha value is -2.14. The van der Waals surface area contributed by atoms with Crippen molar-refractivity contribution in [2.75, 3.05) is 33.3 Å². The van der Waals surface area contributed by atoms with E-state index in [0.29, 0.717) is 17.2 Å². The Morgan fingerprint density at radius 1 is 1.20 bits per heavy atom. The second-order valence-electron chi connectivity index (χ2n) is 7.30. The third kappa shape index (κ3) is 3.21. The largest absolute Gasteiger partial charge is 0.494 e. The van der Waals surface area contributed by atoms with Crippen LogP contribution in [0.15, 0.2) is 30.5 Å². The topological polar surface area (TPSA) is 45.7 Å². The van der Waals surface area contributed by atoms with Crippen LogP contribution in [0.1, 0.15) is 30.1 Å². The molecule has 1 aromatic heterocycles. The molecule has 2 aromatic rings. The second-order valence-corrected chi connectivity index (χ2v) is 7.30. The highest BCUT2D eigenvalue weighted by Crippen LogP contribution is 2.31. The first-order valence-corrected chi connectivity index (χ1v) is 9.12. The van der Waals surface area contributed by atoms with Crippen molar-refractivity contribution >= 4 is 16.8 Å². The number of hydrogen-bond donors (Lipinski definition) is 0. The zero-order valence-corrected chi connectivity index (χ0v) is 14.9. The molecule has 1 aliphatic carbocycles. The minimum Gasteiger partial charge on any atom is -0.494 e. The van der Waals surface area contributed by atoms with E-state index in [0.717, 1.165) is 43.1 Å². The van der Waals surface area contributed by atoms with E-state index in [-0.39, 0.29) is 5.91 Å². The molecule has 5 nitrogen and oxygen atoms in total. The van der Waals surface area contributed by atoms with Gasteiger partial charge in [0, 0.05) is 37.6 Å². The van der Waals surface area contributed by atoms with E-state index in [1.165, 1.54) is 12.8 Å². The summed E-state index contributed by atoms with van der Waals surface area (Å²) < 4.78 is 5.47. The number of nitrogens with zero attached hydrogens (tertiary/aromatic N) is 3.